The van der Waals surface area contributed by atoms with Crippen LogP contribution in [-0.2, 0) is 16.8 Å². The van der Waals surface area contributed by atoms with E-state index in [1.807, 2.05) is 72.5 Å². The molecule has 0 saturated heterocycles. The molecule has 5 nitrogen and oxygen atoms in total. The van der Waals surface area contributed by atoms with Crippen molar-refractivity contribution < 1.29 is 9.53 Å². The van der Waals surface area contributed by atoms with E-state index >= 15 is 0 Å². The fraction of sp³-hybridized carbons (Fsp3) is 0.222. The van der Waals surface area contributed by atoms with Crippen molar-refractivity contribution in [2.75, 3.05) is 12.0 Å². The smallest absolute Gasteiger partial charge is 0.239 e. The van der Waals surface area contributed by atoms with E-state index < -0.39 is 5.41 Å². The molecule has 1 unspecified atom stereocenters. The molecule has 0 N–H and O–H groups in total. The summed E-state index contributed by atoms with van der Waals surface area (Å²) in [6.45, 7) is 2.40. The molecule has 5 heteroatoms. The first-order valence-electron chi connectivity index (χ1n) is 10.7. The topological polar surface area (TPSA) is 66.2 Å². The van der Waals surface area contributed by atoms with Crippen molar-refractivity contribution in [3.05, 3.63) is 78.0 Å². The zero-order valence-corrected chi connectivity index (χ0v) is 18.1. The maximum absolute atomic E-state index is 14.0. The lowest BCUT2D eigenvalue weighted by molar-refractivity contribution is -0.124. The summed E-state index contributed by atoms with van der Waals surface area (Å²) in [5.74, 6) is 0.700. The molecular formula is C27H23N3O2. The Hall–Kier alpha value is -3.91. The summed E-state index contributed by atoms with van der Waals surface area (Å²) in [4.78, 5) is 20.8. The van der Waals surface area contributed by atoms with Crippen molar-refractivity contribution in [2.45, 2.75) is 31.7 Å². The number of hydrogen-bond donors (Lipinski definition) is 0. The predicted octanol–water partition coefficient (Wildman–Crippen LogP) is 5.50. The van der Waals surface area contributed by atoms with Crippen molar-refractivity contribution in [1.82, 2.24) is 4.98 Å². The molecule has 1 amide bonds. The van der Waals surface area contributed by atoms with Crippen LogP contribution in [0.4, 0.5) is 5.69 Å². The number of ether oxygens (including phenoxy) is 1. The Labute approximate surface area is 186 Å². The summed E-state index contributed by atoms with van der Waals surface area (Å²) in [5.41, 5.74) is 2.56. The summed E-state index contributed by atoms with van der Waals surface area (Å²) < 4.78 is 5.41. The summed E-state index contributed by atoms with van der Waals surface area (Å²) in [7, 11) is 1.63. The van der Waals surface area contributed by atoms with Gasteiger partial charge in [-0.05, 0) is 42.5 Å². The number of amides is 1. The van der Waals surface area contributed by atoms with Crippen LogP contribution in [-0.4, -0.2) is 18.0 Å². The van der Waals surface area contributed by atoms with Gasteiger partial charge in [-0.2, -0.15) is 5.26 Å². The maximum atomic E-state index is 14.0. The number of benzene rings is 3. The van der Waals surface area contributed by atoms with Gasteiger partial charge in [-0.15, -0.1) is 0 Å². The molecule has 3 aromatic carbocycles. The van der Waals surface area contributed by atoms with Gasteiger partial charge in [0.15, 0.2) is 0 Å². The molecule has 0 radical (unpaired) electrons. The Morgan fingerprint density at radius 1 is 1.06 bits per heavy atom. The highest BCUT2D eigenvalue weighted by Crippen LogP contribution is 2.46. The number of anilines is 1. The molecule has 2 heterocycles. The highest BCUT2D eigenvalue weighted by Gasteiger charge is 2.45. The SMILES string of the molecule is COc1ccc2c(c1)nc1c3c(cccc32)N(Cc2ccccc2)C(=O)C1(C)CCC#N. The molecule has 0 aliphatic carbocycles. The minimum atomic E-state index is -0.894. The fourth-order valence-electron chi connectivity index (χ4n) is 4.74. The number of rotatable bonds is 5. The van der Waals surface area contributed by atoms with Gasteiger partial charge >= 0.3 is 0 Å². The van der Waals surface area contributed by atoms with E-state index in [1.54, 1.807) is 7.11 Å². The van der Waals surface area contributed by atoms with Crippen LogP contribution in [0.1, 0.15) is 31.0 Å². The average Bonchev–Trinajstić information content (AvgIpc) is 2.84. The number of carbonyl (C=O) groups is 1. The fourth-order valence-corrected chi connectivity index (χ4v) is 4.74. The predicted molar refractivity (Wildman–Crippen MR) is 126 cm³/mol. The molecule has 1 atom stereocenters. The Morgan fingerprint density at radius 3 is 2.62 bits per heavy atom. The molecule has 0 saturated carbocycles. The van der Waals surface area contributed by atoms with Crippen LogP contribution in [0.3, 0.4) is 0 Å². The van der Waals surface area contributed by atoms with Gasteiger partial charge in [-0.1, -0.05) is 42.5 Å². The lowest BCUT2D eigenvalue weighted by atomic mass is 9.75. The maximum Gasteiger partial charge on any atom is 0.239 e. The lowest BCUT2D eigenvalue weighted by Gasteiger charge is -2.40. The van der Waals surface area contributed by atoms with Crippen molar-refractivity contribution >= 4 is 33.3 Å². The van der Waals surface area contributed by atoms with Crippen molar-refractivity contribution in [1.29, 1.82) is 5.26 Å². The normalized spacial score (nSPS) is 17.5. The number of pyridine rings is 1. The number of methoxy groups -OCH3 is 1. The van der Waals surface area contributed by atoms with E-state index in [0.717, 1.165) is 44.4 Å². The van der Waals surface area contributed by atoms with E-state index in [2.05, 4.69) is 12.1 Å². The van der Waals surface area contributed by atoms with Crippen LogP contribution < -0.4 is 9.64 Å². The first-order chi connectivity index (χ1) is 15.6. The largest absolute Gasteiger partial charge is 0.497 e. The number of nitrogens with zero attached hydrogens (tertiary/aromatic N) is 3. The highest BCUT2D eigenvalue weighted by molar-refractivity contribution is 6.19. The first-order valence-corrected chi connectivity index (χ1v) is 10.7. The monoisotopic (exact) mass is 421 g/mol. The van der Waals surface area contributed by atoms with E-state index in [1.165, 1.54) is 0 Å². The van der Waals surface area contributed by atoms with Crippen molar-refractivity contribution in [3.63, 3.8) is 0 Å². The minimum Gasteiger partial charge on any atom is -0.497 e. The number of fused-ring (bicyclic) bond motifs is 2. The molecular weight excluding hydrogens is 398 g/mol. The Kier molecular flexibility index (Phi) is 4.79. The van der Waals surface area contributed by atoms with Gasteiger partial charge in [0.25, 0.3) is 0 Å². The van der Waals surface area contributed by atoms with Gasteiger partial charge in [0.2, 0.25) is 5.91 Å². The summed E-state index contributed by atoms with van der Waals surface area (Å²) in [5, 5.41) is 12.4. The molecule has 5 rings (SSSR count). The molecule has 1 aliphatic heterocycles. The van der Waals surface area contributed by atoms with E-state index in [-0.39, 0.29) is 12.3 Å². The summed E-state index contributed by atoms with van der Waals surface area (Å²) in [6, 6.07) is 24.1. The molecule has 0 spiro atoms. The number of carbonyl (C=O) groups excluding carboxylic acids is 1. The summed E-state index contributed by atoms with van der Waals surface area (Å²) in [6.07, 6.45) is 0.697. The van der Waals surface area contributed by atoms with Crippen LogP contribution in [0.5, 0.6) is 5.75 Å². The molecule has 32 heavy (non-hydrogen) atoms. The second kappa shape index (κ2) is 7.65. The molecule has 4 aromatic rings. The van der Waals surface area contributed by atoms with Gasteiger partial charge < -0.3 is 9.64 Å². The minimum absolute atomic E-state index is 0.0219. The second-order valence-corrected chi connectivity index (χ2v) is 8.41. The van der Waals surface area contributed by atoms with Gasteiger partial charge in [-0.3, -0.25) is 9.78 Å². The number of hydrogen-bond acceptors (Lipinski definition) is 4. The van der Waals surface area contributed by atoms with Crippen molar-refractivity contribution in [3.8, 4) is 11.8 Å². The molecule has 1 aliphatic rings. The van der Waals surface area contributed by atoms with Gasteiger partial charge in [-0.25, -0.2) is 0 Å². The Balaban J connectivity index is 1.82. The third kappa shape index (κ3) is 2.99. The zero-order valence-electron chi connectivity index (χ0n) is 18.1. The lowest BCUT2D eigenvalue weighted by Crippen LogP contribution is -2.48. The van der Waals surface area contributed by atoms with Crippen LogP contribution in [0, 0.1) is 11.3 Å². The van der Waals surface area contributed by atoms with Crippen LogP contribution in [0.15, 0.2) is 66.7 Å². The molecule has 0 bridgehead atoms. The quantitative estimate of drug-likeness (QED) is 0.399. The van der Waals surface area contributed by atoms with E-state index in [9.17, 15) is 10.1 Å². The third-order valence-corrected chi connectivity index (χ3v) is 6.46. The highest BCUT2D eigenvalue weighted by atomic mass is 16.5. The molecule has 0 fully saturated rings. The zero-order chi connectivity index (χ0) is 22.3. The van der Waals surface area contributed by atoms with Crippen LogP contribution in [0.2, 0.25) is 0 Å². The van der Waals surface area contributed by atoms with E-state index in [0.29, 0.717) is 13.0 Å². The van der Waals surface area contributed by atoms with Crippen LogP contribution in [0.25, 0.3) is 21.7 Å². The summed E-state index contributed by atoms with van der Waals surface area (Å²) >= 11 is 0. The van der Waals surface area contributed by atoms with Gasteiger partial charge in [0, 0.05) is 23.3 Å². The molecule has 158 valence electrons. The number of nitriles is 1. The standard InChI is InChI=1S/C27H23N3O2/c1-27(14-7-15-28)25-24-21(20-13-12-19(32-2)16-22(20)29-25)10-6-11-23(24)30(26(27)31)17-18-8-4-3-5-9-18/h3-6,8-13,16H,7,14,17H2,1-2H3. The van der Waals surface area contributed by atoms with Crippen LogP contribution >= 0.6 is 0 Å². The van der Waals surface area contributed by atoms with Gasteiger partial charge in [0.05, 0.1) is 42.0 Å². The number of aromatic nitrogens is 1. The second-order valence-electron chi connectivity index (χ2n) is 8.41. The Morgan fingerprint density at radius 2 is 1.88 bits per heavy atom. The Bertz CT molecular complexity index is 1390. The third-order valence-electron chi connectivity index (χ3n) is 6.46. The average molecular weight is 422 g/mol. The first kappa shape index (κ1) is 20.0. The molecule has 1 aromatic heterocycles. The van der Waals surface area contributed by atoms with E-state index in [4.69, 9.17) is 9.72 Å². The van der Waals surface area contributed by atoms with Gasteiger partial charge in [0.1, 0.15) is 5.75 Å². The van der Waals surface area contributed by atoms with Crippen molar-refractivity contribution in [2.24, 2.45) is 0 Å².